The quantitative estimate of drug-likeness (QED) is 0.293. The number of carboxylic acids is 1. The number of carbonyl (C=O) groups is 1. The highest BCUT2D eigenvalue weighted by molar-refractivity contribution is 6.30. The van der Waals surface area contributed by atoms with E-state index in [0.717, 1.165) is 48.4 Å². The summed E-state index contributed by atoms with van der Waals surface area (Å²) in [5.74, 6) is 0.845. The molecule has 2 aliphatic heterocycles. The van der Waals surface area contributed by atoms with E-state index in [1.807, 2.05) is 0 Å². The summed E-state index contributed by atoms with van der Waals surface area (Å²) in [5, 5.41) is 13.0. The van der Waals surface area contributed by atoms with E-state index in [-0.39, 0.29) is 24.0 Å². The Morgan fingerprint density at radius 2 is 2.08 bits per heavy atom. The summed E-state index contributed by atoms with van der Waals surface area (Å²) in [6.07, 6.45) is 5.70. The SMILES string of the molecule is O=C(O)c1ccc2nc(CN3CC=C(c4nccc(NCc5ccc(Cl)cc5F)n4)CC3)n(C[C@@H]3CCO3)c2c1. The molecule has 11 heteroatoms. The molecule has 206 valence electrons. The van der Waals surface area contributed by atoms with E-state index in [0.29, 0.717) is 41.9 Å². The number of rotatable bonds is 9. The lowest BCUT2D eigenvalue weighted by molar-refractivity contribution is -0.0591. The molecule has 0 unspecified atom stereocenters. The van der Waals surface area contributed by atoms with Gasteiger partial charge in [0.15, 0.2) is 5.82 Å². The summed E-state index contributed by atoms with van der Waals surface area (Å²) in [7, 11) is 0. The fraction of sp³-hybridized carbons (Fsp3) is 0.310. The normalized spacial score (nSPS) is 17.4. The van der Waals surface area contributed by atoms with E-state index < -0.39 is 5.97 Å². The minimum atomic E-state index is -0.955. The molecule has 40 heavy (non-hydrogen) atoms. The van der Waals surface area contributed by atoms with Crippen LogP contribution in [0.1, 0.15) is 40.4 Å². The van der Waals surface area contributed by atoms with Crippen molar-refractivity contribution in [3.05, 3.63) is 88.4 Å². The van der Waals surface area contributed by atoms with Gasteiger partial charge < -0.3 is 19.7 Å². The van der Waals surface area contributed by atoms with Gasteiger partial charge in [0.1, 0.15) is 17.5 Å². The molecular weight excluding hydrogens is 535 g/mol. The van der Waals surface area contributed by atoms with E-state index in [1.54, 1.807) is 42.6 Å². The van der Waals surface area contributed by atoms with E-state index in [1.165, 1.54) is 6.07 Å². The van der Waals surface area contributed by atoms with Crippen molar-refractivity contribution in [3.63, 3.8) is 0 Å². The zero-order valence-electron chi connectivity index (χ0n) is 21.7. The van der Waals surface area contributed by atoms with Crippen LogP contribution in [0.3, 0.4) is 0 Å². The fourth-order valence-electron chi connectivity index (χ4n) is 4.98. The number of hydrogen-bond donors (Lipinski definition) is 2. The average Bonchev–Trinajstić information content (AvgIpc) is 3.26. The second-order valence-electron chi connectivity index (χ2n) is 10.00. The molecule has 0 saturated carbocycles. The third-order valence-electron chi connectivity index (χ3n) is 7.33. The Bertz CT molecular complexity index is 1600. The molecule has 1 atom stereocenters. The van der Waals surface area contributed by atoms with Gasteiger partial charge in [-0.1, -0.05) is 23.7 Å². The first-order chi connectivity index (χ1) is 19.4. The number of nitrogens with zero attached hydrogens (tertiary/aromatic N) is 5. The number of hydrogen-bond acceptors (Lipinski definition) is 7. The maximum absolute atomic E-state index is 14.1. The lowest BCUT2D eigenvalue weighted by atomic mass is 10.1. The molecule has 2 N–H and O–H groups in total. The van der Waals surface area contributed by atoms with E-state index >= 15 is 0 Å². The van der Waals surface area contributed by atoms with Crippen LogP contribution in [0.5, 0.6) is 0 Å². The van der Waals surface area contributed by atoms with Crippen LogP contribution in [0.25, 0.3) is 16.6 Å². The number of ether oxygens (including phenoxy) is 1. The molecule has 1 fully saturated rings. The van der Waals surface area contributed by atoms with Crippen LogP contribution < -0.4 is 5.32 Å². The molecule has 0 aliphatic carbocycles. The number of anilines is 1. The minimum absolute atomic E-state index is 0.117. The predicted molar refractivity (Wildman–Crippen MR) is 150 cm³/mol. The predicted octanol–water partition coefficient (Wildman–Crippen LogP) is 5.01. The van der Waals surface area contributed by atoms with Crippen molar-refractivity contribution in [2.75, 3.05) is 25.0 Å². The highest BCUT2D eigenvalue weighted by atomic mass is 35.5. The first-order valence-corrected chi connectivity index (χ1v) is 13.6. The Kier molecular flexibility index (Phi) is 7.46. The number of aromatic carboxylic acids is 1. The molecule has 6 rings (SSSR count). The molecule has 2 aromatic carbocycles. The second-order valence-corrected chi connectivity index (χ2v) is 10.4. The van der Waals surface area contributed by atoms with Gasteiger partial charge in [0, 0.05) is 43.0 Å². The largest absolute Gasteiger partial charge is 0.478 e. The number of halogens is 2. The van der Waals surface area contributed by atoms with Crippen molar-refractivity contribution < 1.29 is 19.0 Å². The molecule has 0 radical (unpaired) electrons. The number of fused-ring (bicyclic) bond motifs is 1. The molecule has 0 bridgehead atoms. The number of carboxylic acid groups (broad SMARTS) is 1. The Balaban J connectivity index is 1.15. The van der Waals surface area contributed by atoms with Gasteiger partial charge in [-0.15, -0.1) is 0 Å². The van der Waals surface area contributed by atoms with Crippen LogP contribution in [0.4, 0.5) is 10.2 Å². The van der Waals surface area contributed by atoms with Gasteiger partial charge in [-0.2, -0.15) is 0 Å². The smallest absolute Gasteiger partial charge is 0.335 e. The summed E-state index contributed by atoms with van der Waals surface area (Å²) >= 11 is 5.85. The third-order valence-corrected chi connectivity index (χ3v) is 7.57. The van der Waals surface area contributed by atoms with E-state index in [9.17, 15) is 14.3 Å². The number of imidazole rings is 1. The summed E-state index contributed by atoms with van der Waals surface area (Å²) in [4.78, 5) is 27.8. The summed E-state index contributed by atoms with van der Waals surface area (Å²) < 4.78 is 21.9. The van der Waals surface area contributed by atoms with Gasteiger partial charge in [-0.25, -0.2) is 24.1 Å². The van der Waals surface area contributed by atoms with Gasteiger partial charge in [0.05, 0.1) is 35.8 Å². The van der Waals surface area contributed by atoms with E-state index in [2.05, 4.69) is 30.8 Å². The Labute approximate surface area is 235 Å². The standard InChI is InChI=1S/C29H28ClFN6O3/c30-21-3-1-20(23(31)14-21)15-33-26-5-9-32-28(35-26)18-6-10-36(11-7-18)17-27-34-24-4-2-19(29(38)39)13-25(24)37(27)16-22-8-12-40-22/h1-6,9,13-14,22H,7-8,10-12,15-17H2,(H,38,39)(H,32,33,35)/t22-/m0/s1. The number of benzene rings is 2. The third kappa shape index (κ3) is 5.70. The Hall–Kier alpha value is -3.86. The van der Waals surface area contributed by atoms with Gasteiger partial charge in [-0.3, -0.25) is 4.90 Å². The second kappa shape index (κ2) is 11.3. The molecule has 1 saturated heterocycles. The maximum Gasteiger partial charge on any atom is 0.335 e. The average molecular weight is 563 g/mol. The molecule has 9 nitrogen and oxygen atoms in total. The maximum atomic E-state index is 14.1. The highest BCUT2D eigenvalue weighted by Gasteiger charge is 2.24. The van der Waals surface area contributed by atoms with Crippen LogP contribution in [0.2, 0.25) is 5.02 Å². The van der Waals surface area contributed by atoms with Crippen molar-refractivity contribution >= 4 is 40.0 Å². The van der Waals surface area contributed by atoms with Crippen molar-refractivity contribution in [1.82, 2.24) is 24.4 Å². The van der Waals surface area contributed by atoms with Gasteiger partial charge in [0.2, 0.25) is 0 Å². The molecule has 4 aromatic rings. The van der Waals surface area contributed by atoms with Crippen molar-refractivity contribution in [1.29, 1.82) is 0 Å². The number of nitrogens with one attached hydrogen (secondary N) is 1. The Morgan fingerprint density at radius 3 is 2.80 bits per heavy atom. The summed E-state index contributed by atoms with van der Waals surface area (Å²) in [5.41, 5.74) is 3.40. The monoisotopic (exact) mass is 562 g/mol. The van der Waals surface area contributed by atoms with Crippen LogP contribution in [-0.2, 0) is 24.4 Å². The van der Waals surface area contributed by atoms with Crippen LogP contribution >= 0.6 is 11.6 Å². The van der Waals surface area contributed by atoms with Crippen LogP contribution in [0.15, 0.2) is 54.7 Å². The molecular formula is C29H28ClFN6O3. The molecule has 0 amide bonds. The molecule has 2 aliphatic rings. The van der Waals surface area contributed by atoms with Gasteiger partial charge in [-0.05, 0) is 54.8 Å². The van der Waals surface area contributed by atoms with E-state index in [4.69, 9.17) is 21.3 Å². The molecule has 2 aromatic heterocycles. The van der Waals surface area contributed by atoms with Crippen molar-refractivity contribution in [3.8, 4) is 0 Å². The zero-order chi connectivity index (χ0) is 27.6. The minimum Gasteiger partial charge on any atom is -0.478 e. The topological polar surface area (TPSA) is 105 Å². The Morgan fingerprint density at radius 1 is 1.20 bits per heavy atom. The first kappa shape index (κ1) is 26.4. The van der Waals surface area contributed by atoms with Gasteiger partial charge >= 0.3 is 5.97 Å². The summed E-state index contributed by atoms with van der Waals surface area (Å²) in [6.45, 7) is 3.82. The molecule has 4 heterocycles. The lowest BCUT2D eigenvalue weighted by Gasteiger charge is -2.29. The summed E-state index contributed by atoms with van der Waals surface area (Å²) in [6, 6.07) is 11.4. The van der Waals surface area contributed by atoms with Crippen molar-refractivity contribution in [2.45, 2.75) is 38.6 Å². The molecule has 0 spiro atoms. The zero-order valence-corrected chi connectivity index (χ0v) is 22.4. The fourth-order valence-corrected chi connectivity index (χ4v) is 5.14. The van der Waals surface area contributed by atoms with Crippen LogP contribution in [-0.4, -0.2) is 61.3 Å². The number of aromatic nitrogens is 4. The van der Waals surface area contributed by atoms with Crippen molar-refractivity contribution in [2.24, 2.45) is 0 Å². The first-order valence-electron chi connectivity index (χ1n) is 13.2. The lowest BCUT2D eigenvalue weighted by Crippen LogP contribution is -2.33. The highest BCUT2D eigenvalue weighted by Crippen LogP contribution is 2.26. The van der Waals surface area contributed by atoms with Crippen LogP contribution in [0, 0.1) is 5.82 Å². The van der Waals surface area contributed by atoms with Gasteiger partial charge in [0.25, 0.3) is 0 Å².